The summed E-state index contributed by atoms with van der Waals surface area (Å²) in [6, 6.07) is 0. The molecule has 1 fully saturated rings. The van der Waals surface area contributed by atoms with Crippen LogP contribution in [0, 0.1) is 17.3 Å². The molecule has 3 nitrogen and oxygen atoms in total. The molecule has 1 heterocycles. The van der Waals surface area contributed by atoms with Crippen LogP contribution >= 0.6 is 11.3 Å². The molecule has 1 saturated carbocycles. The van der Waals surface area contributed by atoms with E-state index in [0.717, 1.165) is 12.8 Å². The SMILES string of the molecule is CC(C)=C[C@H]1[C@@H](C(=O)NCCc2nc3c(s2)CCCC3)C1(C)C. The van der Waals surface area contributed by atoms with Crippen molar-refractivity contribution >= 4 is 17.2 Å². The molecule has 0 bridgehead atoms. The third-order valence-electron chi connectivity index (χ3n) is 5.23. The molecule has 0 aliphatic heterocycles. The second-order valence-corrected chi connectivity index (χ2v) is 8.96. The maximum atomic E-state index is 12.4. The molecule has 1 amide bonds. The number of fused-ring (bicyclic) bond motifs is 1. The van der Waals surface area contributed by atoms with Gasteiger partial charge >= 0.3 is 0 Å². The van der Waals surface area contributed by atoms with Crippen LogP contribution in [-0.4, -0.2) is 17.4 Å². The van der Waals surface area contributed by atoms with Crippen LogP contribution in [0.3, 0.4) is 0 Å². The minimum Gasteiger partial charge on any atom is -0.355 e. The van der Waals surface area contributed by atoms with E-state index in [1.54, 1.807) is 0 Å². The van der Waals surface area contributed by atoms with Crippen molar-refractivity contribution in [3.8, 4) is 0 Å². The topological polar surface area (TPSA) is 42.0 Å². The normalized spacial score (nSPS) is 24.7. The molecule has 0 aromatic carbocycles. The van der Waals surface area contributed by atoms with Crippen LogP contribution in [0.1, 0.15) is 56.1 Å². The van der Waals surface area contributed by atoms with Crippen molar-refractivity contribution in [2.24, 2.45) is 17.3 Å². The maximum Gasteiger partial charge on any atom is 0.224 e. The molecule has 3 rings (SSSR count). The molecule has 0 saturated heterocycles. The number of nitrogens with zero attached hydrogens (tertiary/aromatic N) is 1. The molecule has 2 aliphatic rings. The average Bonchev–Trinajstić information content (AvgIpc) is 2.82. The Morgan fingerprint density at radius 3 is 2.78 bits per heavy atom. The first-order valence-electron chi connectivity index (χ1n) is 8.80. The molecule has 1 aromatic heterocycles. The highest BCUT2D eigenvalue weighted by Crippen LogP contribution is 2.59. The summed E-state index contributed by atoms with van der Waals surface area (Å²) in [6.45, 7) is 9.30. The summed E-state index contributed by atoms with van der Waals surface area (Å²) in [7, 11) is 0. The lowest BCUT2D eigenvalue weighted by Gasteiger charge is -2.06. The highest BCUT2D eigenvalue weighted by Gasteiger charge is 2.60. The number of nitrogens with one attached hydrogen (secondary N) is 1. The lowest BCUT2D eigenvalue weighted by molar-refractivity contribution is -0.123. The Bertz CT molecular complexity index is 602. The fourth-order valence-electron chi connectivity index (χ4n) is 3.76. The van der Waals surface area contributed by atoms with Crippen molar-refractivity contribution in [3.05, 3.63) is 27.2 Å². The number of rotatable bonds is 5. The predicted octanol–water partition coefficient (Wildman–Crippen LogP) is 3.92. The van der Waals surface area contributed by atoms with Gasteiger partial charge in [-0.2, -0.15) is 0 Å². The van der Waals surface area contributed by atoms with Crippen molar-refractivity contribution in [2.45, 2.75) is 59.8 Å². The van der Waals surface area contributed by atoms with Crippen LogP contribution in [0.2, 0.25) is 0 Å². The summed E-state index contributed by atoms with van der Waals surface area (Å²) >= 11 is 1.85. The number of hydrogen-bond acceptors (Lipinski definition) is 3. The Morgan fingerprint density at radius 2 is 2.09 bits per heavy atom. The summed E-state index contributed by atoms with van der Waals surface area (Å²) in [6.07, 6.45) is 8.02. The molecule has 4 heteroatoms. The van der Waals surface area contributed by atoms with Crippen molar-refractivity contribution in [2.75, 3.05) is 6.54 Å². The number of amides is 1. The minimum absolute atomic E-state index is 0.0988. The van der Waals surface area contributed by atoms with E-state index in [1.807, 2.05) is 11.3 Å². The summed E-state index contributed by atoms with van der Waals surface area (Å²) in [5, 5.41) is 4.32. The van der Waals surface area contributed by atoms with Gasteiger partial charge in [-0.1, -0.05) is 25.5 Å². The van der Waals surface area contributed by atoms with Crippen molar-refractivity contribution in [1.29, 1.82) is 0 Å². The van der Waals surface area contributed by atoms with Crippen LogP contribution in [0.15, 0.2) is 11.6 Å². The molecule has 1 aromatic rings. The molecule has 0 unspecified atom stereocenters. The fourth-order valence-corrected chi connectivity index (χ4v) is 4.92. The standard InChI is InChI=1S/C19H28N2OS/c1-12(2)11-13-17(19(13,3)4)18(22)20-10-9-16-21-14-7-5-6-8-15(14)23-16/h11,13,17H,5-10H2,1-4H3,(H,20,22)/t13-,17-/m0/s1. The van der Waals surface area contributed by atoms with Crippen molar-refractivity contribution in [3.63, 3.8) is 0 Å². The number of carbonyl (C=O) groups is 1. The number of allylic oxidation sites excluding steroid dienone is 2. The molecule has 0 radical (unpaired) electrons. The van der Waals surface area contributed by atoms with Gasteiger partial charge in [0.05, 0.1) is 16.6 Å². The van der Waals surface area contributed by atoms with Gasteiger partial charge in [-0.15, -0.1) is 11.3 Å². The van der Waals surface area contributed by atoms with Gasteiger partial charge in [-0.05, 0) is 50.9 Å². The molecule has 23 heavy (non-hydrogen) atoms. The third kappa shape index (κ3) is 3.52. The van der Waals surface area contributed by atoms with Crippen molar-refractivity contribution < 1.29 is 4.79 Å². The molecule has 126 valence electrons. The minimum atomic E-state index is 0.0988. The summed E-state index contributed by atoms with van der Waals surface area (Å²) in [5.41, 5.74) is 2.71. The second kappa shape index (κ2) is 6.39. The zero-order chi connectivity index (χ0) is 16.6. The van der Waals surface area contributed by atoms with Crippen LogP contribution in [-0.2, 0) is 24.1 Å². The van der Waals surface area contributed by atoms with Gasteiger partial charge in [-0.3, -0.25) is 4.79 Å². The number of thiazole rings is 1. The largest absolute Gasteiger partial charge is 0.355 e. The van der Waals surface area contributed by atoms with E-state index in [-0.39, 0.29) is 17.2 Å². The van der Waals surface area contributed by atoms with Crippen LogP contribution < -0.4 is 5.32 Å². The monoisotopic (exact) mass is 332 g/mol. The Kier molecular flexibility index (Phi) is 4.63. The zero-order valence-corrected chi connectivity index (χ0v) is 15.6. The Labute approximate surface area is 143 Å². The van der Waals surface area contributed by atoms with Gasteiger partial charge in [0.25, 0.3) is 0 Å². The summed E-state index contributed by atoms with van der Waals surface area (Å²) < 4.78 is 0. The summed E-state index contributed by atoms with van der Waals surface area (Å²) in [5.74, 6) is 0.723. The van der Waals surface area contributed by atoms with Gasteiger partial charge in [0.15, 0.2) is 0 Å². The Balaban J connectivity index is 1.50. The lowest BCUT2D eigenvalue weighted by Crippen LogP contribution is -2.28. The predicted molar refractivity (Wildman–Crippen MR) is 95.7 cm³/mol. The lowest BCUT2D eigenvalue weighted by atomic mass is 10.0. The fraction of sp³-hybridized carbons (Fsp3) is 0.684. The van der Waals surface area contributed by atoms with Crippen molar-refractivity contribution in [1.82, 2.24) is 10.3 Å². The molecular weight excluding hydrogens is 304 g/mol. The van der Waals surface area contributed by atoms with E-state index >= 15 is 0 Å². The molecule has 0 spiro atoms. The molecule has 1 N–H and O–H groups in total. The van der Waals surface area contributed by atoms with E-state index in [2.05, 4.69) is 39.1 Å². The number of aromatic nitrogens is 1. The third-order valence-corrected chi connectivity index (χ3v) is 6.45. The van der Waals surface area contributed by atoms with Gasteiger partial charge in [0, 0.05) is 17.8 Å². The average molecular weight is 333 g/mol. The zero-order valence-electron chi connectivity index (χ0n) is 14.7. The first-order valence-corrected chi connectivity index (χ1v) is 9.61. The van der Waals surface area contributed by atoms with E-state index in [9.17, 15) is 4.79 Å². The molecule has 2 atom stereocenters. The highest BCUT2D eigenvalue weighted by molar-refractivity contribution is 7.11. The van der Waals surface area contributed by atoms with E-state index in [0.29, 0.717) is 12.5 Å². The Morgan fingerprint density at radius 1 is 1.35 bits per heavy atom. The highest BCUT2D eigenvalue weighted by atomic mass is 32.1. The van der Waals surface area contributed by atoms with Crippen LogP contribution in [0.5, 0.6) is 0 Å². The maximum absolute atomic E-state index is 12.4. The number of carbonyl (C=O) groups excluding carboxylic acids is 1. The van der Waals surface area contributed by atoms with E-state index in [1.165, 1.54) is 40.4 Å². The van der Waals surface area contributed by atoms with Crippen LogP contribution in [0.25, 0.3) is 0 Å². The number of hydrogen-bond donors (Lipinski definition) is 1. The van der Waals surface area contributed by atoms with E-state index < -0.39 is 0 Å². The second-order valence-electron chi connectivity index (χ2n) is 7.79. The smallest absolute Gasteiger partial charge is 0.224 e. The van der Waals surface area contributed by atoms with Gasteiger partial charge in [0.2, 0.25) is 5.91 Å². The quantitative estimate of drug-likeness (QED) is 0.830. The van der Waals surface area contributed by atoms with Gasteiger partial charge in [0.1, 0.15) is 0 Å². The molecule has 2 aliphatic carbocycles. The first kappa shape index (κ1) is 16.7. The van der Waals surface area contributed by atoms with Gasteiger partial charge < -0.3 is 5.32 Å². The van der Waals surface area contributed by atoms with Gasteiger partial charge in [-0.25, -0.2) is 4.98 Å². The Hall–Kier alpha value is -1.16. The first-order chi connectivity index (χ1) is 10.9. The molecular formula is C19H28N2OS. The number of aryl methyl sites for hydroxylation is 2. The van der Waals surface area contributed by atoms with Crippen LogP contribution in [0.4, 0.5) is 0 Å². The van der Waals surface area contributed by atoms with E-state index in [4.69, 9.17) is 4.98 Å². The summed E-state index contributed by atoms with van der Waals surface area (Å²) in [4.78, 5) is 18.7.